The van der Waals surface area contributed by atoms with E-state index < -0.39 is 0 Å². The molecule has 0 radical (unpaired) electrons. The Morgan fingerprint density at radius 1 is 0.190 bits per heavy atom. The summed E-state index contributed by atoms with van der Waals surface area (Å²) in [6, 6.07) is 104. The molecule has 0 aliphatic carbocycles. The second kappa shape index (κ2) is 16.4. The molecule has 0 fully saturated rings. The fourth-order valence-electron chi connectivity index (χ4n) is 15.2. The van der Waals surface area contributed by atoms with Crippen molar-refractivity contribution in [3.63, 3.8) is 0 Å². The van der Waals surface area contributed by atoms with E-state index in [1.165, 1.54) is 150 Å². The zero-order valence-corrected chi connectivity index (χ0v) is 43.1. The average Bonchev–Trinajstić information content (AvgIpc) is 3.59. The second-order valence-electron chi connectivity index (χ2n) is 22.2. The van der Waals surface area contributed by atoms with Crippen molar-refractivity contribution in [1.29, 1.82) is 0 Å². The molecule has 0 bridgehead atoms. The number of nitrogens with zero attached hydrogens (tertiary/aromatic N) is 3. The van der Waals surface area contributed by atoms with E-state index in [1.54, 1.807) is 0 Å². The number of hydrogen-bond acceptors (Lipinski definition) is 3. The van der Waals surface area contributed by atoms with Crippen molar-refractivity contribution in [2.45, 2.75) is 0 Å². The zero-order valence-electron chi connectivity index (χ0n) is 43.1. The molecule has 6 aliphatic heterocycles. The van der Waals surface area contributed by atoms with Crippen molar-refractivity contribution in [2.75, 3.05) is 14.4 Å². The Morgan fingerprint density at radius 3 is 0.759 bits per heavy atom. The normalized spacial score (nSPS) is 13.7. The lowest BCUT2D eigenvalue weighted by Gasteiger charge is -2.44. The van der Waals surface area contributed by atoms with Crippen LogP contribution in [0.1, 0.15) is 0 Å². The van der Waals surface area contributed by atoms with Gasteiger partial charge in [-0.2, -0.15) is 0 Å². The van der Waals surface area contributed by atoms with Crippen molar-refractivity contribution in [2.24, 2.45) is 0 Å². The molecule has 0 spiro atoms. The molecular formula is C72H45B4N3. The maximum absolute atomic E-state index is 2.62. The maximum atomic E-state index is 2.62. The topological polar surface area (TPSA) is 9.72 Å². The molecule has 0 atom stereocenters. The van der Waals surface area contributed by atoms with Gasteiger partial charge < -0.3 is 14.4 Å². The smallest absolute Gasteiger partial charge is 0.329 e. The SMILES string of the molecule is c1ccc2c(c1)B1c3ccc(B(c4ccc5c(c4)-c4ccccc4B4c6ccccc6-c6ccccc6N45)c4ccc5c(c4)-c4ccccc4B4c6ccccc6-c6ccccc6N45)cc3-c3ccccc3N1c1ccccc1-2. The van der Waals surface area contributed by atoms with Crippen LogP contribution in [-0.2, 0) is 0 Å². The monoisotopic (exact) mass is 995 g/mol. The van der Waals surface area contributed by atoms with Crippen LogP contribution in [0, 0.1) is 0 Å². The van der Waals surface area contributed by atoms with Gasteiger partial charge in [0, 0.05) is 67.5 Å². The van der Waals surface area contributed by atoms with Crippen LogP contribution in [0.25, 0.3) is 66.8 Å². The summed E-state index contributed by atoms with van der Waals surface area (Å²) in [6.45, 7) is -0.0148. The van der Waals surface area contributed by atoms with Gasteiger partial charge in [0.25, 0.3) is 0 Å². The highest BCUT2D eigenvalue weighted by molar-refractivity contribution is 6.97. The summed E-state index contributed by atoms with van der Waals surface area (Å²) in [4.78, 5) is 7.84. The van der Waals surface area contributed by atoms with Gasteiger partial charge in [-0.15, -0.1) is 0 Å². The molecule has 6 aliphatic rings. The predicted molar refractivity (Wildman–Crippen MR) is 337 cm³/mol. The summed E-state index contributed by atoms with van der Waals surface area (Å²) < 4.78 is 0. The van der Waals surface area contributed by atoms with E-state index in [1.807, 2.05) is 0 Å². The summed E-state index contributed by atoms with van der Waals surface area (Å²) in [5, 5.41) is 0. The molecule has 360 valence electrons. The molecule has 0 N–H and O–H groups in total. The van der Waals surface area contributed by atoms with E-state index in [0.717, 1.165) is 0 Å². The number of hydrogen-bond donors (Lipinski definition) is 0. The summed E-state index contributed by atoms with van der Waals surface area (Å²) >= 11 is 0. The number of anilines is 6. The van der Waals surface area contributed by atoms with Gasteiger partial charge in [-0.1, -0.05) is 253 Å². The molecule has 0 saturated heterocycles. The predicted octanol–water partition coefficient (Wildman–Crippen LogP) is 10.9. The maximum Gasteiger partial charge on any atom is 0.329 e. The Labute approximate surface area is 462 Å². The minimum Gasteiger partial charge on any atom is -0.376 e. The molecule has 6 heterocycles. The summed E-state index contributed by atoms with van der Waals surface area (Å²) in [5.41, 5.74) is 34.6. The van der Waals surface area contributed by atoms with Crippen LogP contribution in [0.3, 0.4) is 0 Å². The fraction of sp³-hybridized carbons (Fsp3) is 0. The lowest BCUT2D eigenvalue weighted by Crippen LogP contribution is -2.61. The van der Waals surface area contributed by atoms with Gasteiger partial charge in [-0.25, -0.2) is 0 Å². The van der Waals surface area contributed by atoms with Crippen molar-refractivity contribution < 1.29 is 0 Å². The standard InChI is InChI=1S/C72H45B4N3/c1-10-28-61-49(19-1)55-25-7-16-34-68(55)78-71-41-38-47(44-59(71)52-22-4-13-31-64(52)74(61)78)73(46-37-40-66-58(43-46)57-27-9-18-36-70(57)77-67-33-15-6-24-54(67)51-21-3-12-30-63(51)76(66)77)48-39-42-72-60(45-48)53-23-5-14-32-65(53)75-62-29-11-2-20-50(62)56-26-8-17-35-69(56)79(72)75/h1-45H. The van der Waals surface area contributed by atoms with Crippen molar-refractivity contribution in [3.05, 3.63) is 273 Å². The van der Waals surface area contributed by atoms with E-state index in [9.17, 15) is 0 Å². The Bertz CT molecular complexity index is 4140. The van der Waals surface area contributed by atoms with Crippen molar-refractivity contribution in [3.8, 4) is 66.8 Å². The fourth-order valence-corrected chi connectivity index (χ4v) is 15.2. The first-order valence-corrected chi connectivity index (χ1v) is 27.9. The average molecular weight is 995 g/mol. The van der Waals surface area contributed by atoms with E-state index in [-0.39, 0.29) is 27.3 Å². The van der Waals surface area contributed by atoms with Crippen LogP contribution in [0.5, 0.6) is 0 Å². The van der Waals surface area contributed by atoms with Gasteiger partial charge in [0.05, 0.1) is 0 Å². The lowest BCUT2D eigenvalue weighted by molar-refractivity contribution is 1.35. The Hall–Kier alpha value is -9.70. The lowest BCUT2D eigenvalue weighted by atomic mass is 9.35. The highest BCUT2D eigenvalue weighted by Crippen LogP contribution is 2.49. The largest absolute Gasteiger partial charge is 0.376 e. The van der Waals surface area contributed by atoms with Crippen LogP contribution in [0.15, 0.2) is 273 Å². The molecule has 7 heteroatoms. The summed E-state index contributed by atoms with van der Waals surface area (Å²) in [5.74, 6) is 0. The van der Waals surface area contributed by atoms with Gasteiger partial charge in [-0.3, -0.25) is 0 Å². The molecule has 12 aromatic rings. The van der Waals surface area contributed by atoms with Gasteiger partial charge in [0.2, 0.25) is 6.71 Å². The minimum atomic E-state index is -0.121. The van der Waals surface area contributed by atoms with E-state index >= 15 is 0 Å². The van der Waals surface area contributed by atoms with E-state index in [0.29, 0.717) is 0 Å². The number of para-hydroxylation sites is 4. The van der Waals surface area contributed by atoms with Crippen LogP contribution in [-0.4, -0.2) is 27.3 Å². The third kappa shape index (κ3) is 5.97. The molecule has 0 unspecified atom stereocenters. The van der Waals surface area contributed by atoms with Gasteiger partial charge in [0.1, 0.15) is 0 Å². The first-order valence-electron chi connectivity index (χ1n) is 27.9. The minimum absolute atomic E-state index is 0.0139. The third-order valence-electron chi connectivity index (χ3n) is 18.4. The van der Waals surface area contributed by atoms with Crippen LogP contribution < -0.4 is 63.6 Å². The van der Waals surface area contributed by atoms with E-state index in [4.69, 9.17) is 0 Å². The van der Waals surface area contributed by atoms with Crippen LogP contribution >= 0.6 is 0 Å². The molecule has 0 saturated carbocycles. The number of benzene rings is 12. The quantitative estimate of drug-likeness (QED) is 0.163. The summed E-state index contributed by atoms with van der Waals surface area (Å²) in [6.07, 6.45) is 0. The van der Waals surface area contributed by atoms with E-state index in [2.05, 4.69) is 287 Å². The molecule has 3 nitrogen and oxygen atoms in total. The number of rotatable bonds is 3. The molecule has 0 amide bonds. The molecule has 79 heavy (non-hydrogen) atoms. The zero-order chi connectivity index (χ0) is 51.4. The van der Waals surface area contributed by atoms with Crippen LogP contribution in [0.4, 0.5) is 34.1 Å². The number of fused-ring (bicyclic) bond motifs is 33. The van der Waals surface area contributed by atoms with Crippen molar-refractivity contribution >= 4 is 111 Å². The van der Waals surface area contributed by atoms with Gasteiger partial charge in [0.15, 0.2) is 0 Å². The molecule has 18 rings (SSSR count). The third-order valence-corrected chi connectivity index (χ3v) is 18.4. The van der Waals surface area contributed by atoms with Crippen molar-refractivity contribution in [1.82, 2.24) is 0 Å². The Balaban J connectivity index is 0.873. The second-order valence-corrected chi connectivity index (χ2v) is 22.2. The first kappa shape index (κ1) is 43.4. The highest BCUT2D eigenvalue weighted by Gasteiger charge is 2.46. The Morgan fingerprint density at radius 2 is 0.418 bits per heavy atom. The van der Waals surface area contributed by atoms with Gasteiger partial charge in [-0.05, 0) is 103 Å². The van der Waals surface area contributed by atoms with Crippen LogP contribution in [0.2, 0.25) is 0 Å². The molecule has 12 aromatic carbocycles. The molecular weight excluding hydrogens is 950 g/mol. The van der Waals surface area contributed by atoms with Gasteiger partial charge >= 0.3 is 20.5 Å². The summed E-state index contributed by atoms with van der Waals surface area (Å²) in [7, 11) is 0. The Kier molecular flexibility index (Phi) is 9.02. The molecule has 0 aromatic heterocycles. The first-order chi connectivity index (χ1) is 39.2. The highest BCUT2D eigenvalue weighted by atomic mass is 15.1.